The van der Waals surface area contributed by atoms with Crippen LogP contribution in [0.25, 0.3) is 0 Å². The SMILES string of the molecule is Cc1nc(Nc2ccc(Oc3ccccc3)cc2)c(C)c(C)c1O. The predicted octanol–water partition coefficient (Wildman–Crippen LogP) is 5.25. The number of hydrogen-bond donors (Lipinski definition) is 2. The van der Waals surface area contributed by atoms with E-state index in [-0.39, 0.29) is 5.75 Å². The highest BCUT2D eigenvalue weighted by Gasteiger charge is 2.11. The van der Waals surface area contributed by atoms with Gasteiger partial charge < -0.3 is 15.2 Å². The fourth-order valence-electron chi connectivity index (χ4n) is 2.42. The molecule has 24 heavy (non-hydrogen) atoms. The zero-order valence-corrected chi connectivity index (χ0v) is 14.0. The van der Waals surface area contributed by atoms with Crippen LogP contribution >= 0.6 is 0 Å². The first-order chi connectivity index (χ1) is 11.5. The molecule has 0 saturated heterocycles. The minimum absolute atomic E-state index is 0.254. The van der Waals surface area contributed by atoms with Crippen LogP contribution in [0.5, 0.6) is 17.2 Å². The summed E-state index contributed by atoms with van der Waals surface area (Å²) >= 11 is 0. The van der Waals surface area contributed by atoms with Crippen LogP contribution in [0.3, 0.4) is 0 Å². The molecule has 0 aliphatic rings. The van der Waals surface area contributed by atoms with E-state index < -0.39 is 0 Å². The molecule has 0 unspecified atom stereocenters. The van der Waals surface area contributed by atoms with E-state index in [2.05, 4.69) is 10.3 Å². The lowest BCUT2D eigenvalue weighted by Crippen LogP contribution is -2.00. The number of nitrogens with zero attached hydrogens (tertiary/aromatic N) is 1. The zero-order chi connectivity index (χ0) is 17.1. The standard InChI is InChI=1S/C20H20N2O2/c1-13-14(2)20(21-15(3)19(13)23)22-16-9-11-18(12-10-16)24-17-7-5-4-6-8-17/h4-12,23H,1-3H3,(H,21,22). The van der Waals surface area contributed by atoms with Crippen molar-refractivity contribution in [3.8, 4) is 17.2 Å². The highest BCUT2D eigenvalue weighted by atomic mass is 16.5. The molecule has 0 bridgehead atoms. The second-order valence-electron chi connectivity index (χ2n) is 5.71. The van der Waals surface area contributed by atoms with Crippen LogP contribution in [0.15, 0.2) is 54.6 Å². The van der Waals surface area contributed by atoms with E-state index in [1.54, 1.807) is 6.92 Å². The Bertz CT molecular complexity index is 844. The van der Waals surface area contributed by atoms with Gasteiger partial charge in [-0.15, -0.1) is 0 Å². The number of hydrogen-bond acceptors (Lipinski definition) is 4. The van der Waals surface area contributed by atoms with Crippen LogP contribution in [0, 0.1) is 20.8 Å². The summed E-state index contributed by atoms with van der Waals surface area (Å²) in [7, 11) is 0. The summed E-state index contributed by atoms with van der Waals surface area (Å²) in [6, 6.07) is 17.4. The van der Waals surface area contributed by atoms with Gasteiger partial charge in [-0.1, -0.05) is 18.2 Å². The fraction of sp³-hybridized carbons (Fsp3) is 0.150. The number of aromatic hydroxyl groups is 1. The van der Waals surface area contributed by atoms with Crippen molar-refractivity contribution >= 4 is 11.5 Å². The van der Waals surface area contributed by atoms with Gasteiger partial charge in [0.05, 0.1) is 5.69 Å². The van der Waals surface area contributed by atoms with Crippen LogP contribution in [-0.2, 0) is 0 Å². The van der Waals surface area contributed by atoms with Crippen molar-refractivity contribution in [2.75, 3.05) is 5.32 Å². The van der Waals surface area contributed by atoms with Gasteiger partial charge in [-0.3, -0.25) is 0 Å². The molecule has 4 heteroatoms. The minimum atomic E-state index is 0.254. The zero-order valence-electron chi connectivity index (χ0n) is 14.0. The van der Waals surface area contributed by atoms with Crippen LogP contribution in [-0.4, -0.2) is 10.1 Å². The molecule has 0 radical (unpaired) electrons. The Morgan fingerprint density at radius 3 is 2.12 bits per heavy atom. The third kappa shape index (κ3) is 3.33. The summed E-state index contributed by atoms with van der Waals surface area (Å²) in [4.78, 5) is 4.43. The number of aryl methyl sites for hydroxylation is 1. The molecule has 1 aromatic heterocycles. The summed E-state index contributed by atoms with van der Waals surface area (Å²) in [5, 5.41) is 13.2. The first-order valence-electron chi connectivity index (χ1n) is 7.81. The number of benzene rings is 2. The molecule has 0 aliphatic carbocycles. The van der Waals surface area contributed by atoms with E-state index in [1.807, 2.05) is 68.4 Å². The first kappa shape index (κ1) is 15.9. The van der Waals surface area contributed by atoms with E-state index in [9.17, 15) is 5.11 Å². The van der Waals surface area contributed by atoms with Crippen LogP contribution in [0.1, 0.15) is 16.8 Å². The van der Waals surface area contributed by atoms with Crippen molar-refractivity contribution in [1.82, 2.24) is 4.98 Å². The molecule has 2 N–H and O–H groups in total. The Hall–Kier alpha value is -3.01. The van der Waals surface area contributed by atoms with E-state index in [0.29, 0.717) is 5.69 Å². The van der Waals surface area contributed by atoms with Crippen molar-refractivity contribution in [2.24, 2.45) is 0 Å². The highest BCUT2D eigenvalue weighted by Crippen LogP contribution is 2.30. The van der Waals surface area contributed by atoms with E-state index in [0.717, 1.165) is 34.1 Å². The van der Waals surface area contributed by atoms with Gasteiger partial charge in [-0.25, -0.2) is 4.98 Å². The van der Waals surface area contributed by atoms with Gasteiger partial charge in [0.25, 0.3) is 0 Å². The third-order valence-corrected chi connectivity index (χ3v) is 3.99. The average Bonchev–Trinajstić information content (AvgIpc) is 2.60. The number of para-hydroxylation sites is 1. The molecular formula is C20H20N2O2. The lowest BCUT2D eigenvalue weighted by atomic mass is 10.1. The number of pyridine rings is 1. The van der Waals surface area contributed by atoms with Crippen LogP contribution in [0.4, 0.5) is 11.5 Å². The molecule has 4 nitrogen and oxygen atoms in total. The lowest BCUT2D eigenvalue weighted by molar-refractivity contribution is 0.463. The summed E-state index contributed by atoms with van der Waals surface area (Å²) in [6.07, 6.45) is 0. The van der Waals surface area contributed by atoms with Crippen molar-refractivity contribution in [3.63, 3.8) is 0 Å². The maximum atomic E-state index is 9.95. The first-order valence-corrected chi connectivity index (χ1v) is 7.81. The Labute approximate surface area is 141 Å². The molecule has 0 saturated carbocycles. The Morgan fingerprint density at radius 2 is 1.46 bits per heavy atom. The highest BCUT2D eigenvalue weighted by molar-refractivity contribution is 5.63. The molecule has 0 aliphatic heterocycles. The van der Waals surface area contributed by atoms with Gasteiger partial charge in [0.2, 0.25) is 0 Å². The molecule has 3 rings (SSSR count). The second kappa shape index (κ2) is 6.62. The topological polar surface area (TPSA) is 54.4 Å². The van der Waals surface area contributed by atoms with Crippen molar-refractivity contribution < 1.29 is 9.84 Å². The molecule has 0 spiro atoms. The molecule has 2 aromatic carbocycles. The van der Waals surface area contributed by atoms with Crippen molar-refractivity contribution in [3.05, 3.63) is 71.4 Å². The fourth-order valence-corrected chi connectivity index (χ4v) is 2.42. The number of rotatable bonds is 4. The second-order valence-corrected chi connectivity index (χ2v) is 5.71. The summed E-state index contributed by atoms with van der Waals surface area (Å²) in [5.41, 5.74) is 3.30. The average molecular weight is 320 g/mol. The molecule has 0 atom stereocenters. The molecular weight excluding hydrogens is 300 g/mol. The Kier molecular flexibility index (Phi) is 4.38. The summed E-state index contributed by atoms with van der Waals surface area (Å²) in [5.74, 6) is 2.58. The third-order valence-electron chi connectivity index (χ3n) is 3.99. The van der Waals surface area contributed by atoms with Gasteiger partial charge in [-0.05, 0) is 68.3 Å². The molecule has 0 fully saturated rings. The van der Waals surface area contributed by atoms with Gasteiger partial charge in [0, 0.05) is 5.69 Å². The van der Waals surface area contributed by atoms with E-state index in [1.165, 1.54) is 0 Å². The van der Waals surface area contributed by atoms with Crippen LogP contribution in [0.2, 0.25) is 0 Å². The van der Waals surface area contributed by atoms with Crippen molar-refractivity contribution in [2.45, 2.75) is 20.8 Å². The Morgan fingerprint density at radius 1 is 0.833 bits per heavy atom. The monoisotopic (exact) mass is 320 g/mol. The summed E-state index contributed by atoms with van der Waals surface area (Å²) in [6.45, 7) is 5.63. The molecule has 0 amide bonds. The smallest absolute Gasteiger partial charge is 0.140 e. The van der Waals surface area contributed by atoms with E-state index in [4.69, 9.17) is 4.74 Å². The molecule has 3 aromatic rings. The minimum Gasteiger partial charge on any atom is -0.506 e. The van der Waals surface area contributed by atoms with E-state index >= 15 is 0 Å². The maximum Gasteiger partial charge on any atom is 0.140 e. The maximum absolute atomic E-state index is 9.95. The Balaban J connectivity index is 1.78. The number of nitrogens with one attached hydrogen (secondary N) is 1. The van der Waals surface area contributed by atoms with Gasteiger partial charge in [0.15, 0.2) is 0 Å². The summed E-state index contributed by atoms with van der Waals surface area (Å²) < 4.78 is 5.78. The molecule has 1 heterocycles. The number of anilines is 2. The lowest BCUT2D eigenvalue weighted by Gasteiger charge is -2.14. The molecule has 122 valence electrons. The quantitative estimate of drug-likeness (QED) is 0.689. The number of aromatic nitrogens is 1. The van der Waals surface area contributed by atoms with Gasteiger partial charge in [-0.2, -0.15) is 0 Å². The largest absolute Gasteiger partial charge is 0.506 e. The van der Waals surface area contributed by atoms with Gasteiger partial charge >= 0.3 is 0 Å². The number of ether oxygens (including phenoxy) is 1. The normalized spacial score (nSPS) is 10.5. The van der Waals surface area contributed by atoms with Gasteiger partial charge in [0.1, 0.15) is 23.1 Å². The van der Waals surface area contributed by atoms with Crippen molar-refractivity contribution in [1.29, 1.82) is 0 Å². The van der Waals surface area contributed by atoms with Crippen LogP contribution < -0.4 is 10.1 Å². The predicted molar refractivity (Wildman–Crippen MR) is 96.4 cm³/mol.